The number of benzene rings is 9. The van der Waals surface area contributed by atoms with Gasteiger partial charge in [-0.3, -0.25) is 0 Å². The average Bonchev–Trinajstić information content (AvgIpc) is 3.55. The van der Waals surface area contributed by atoms with E-state index in [1.807, 2.05) is 0 Å². The first-order chi connectivity index (χ1) is 25.3. The molecular formula is C48H33N3. The molecule has 0 saturated carbocycles. The molecule has 11 rings (SSSR count). The summed E-state index contributed by atoms with van der Waals surface area (Å²) < 4.78 is 2.45. The van der Waals surface area contributed by atoms with Crippen molar-refractivity contribution in [1.82, 2.24) is 4.57 Å². The van der Waals surface area contributed by atoms with Crippen LogP contribution in [0.4, 0.5) is 11.4 Å². The number of hydrogen-bond acceptors (Lipinski definition) is 2. The molecule has 3 heteroatoms. The monoisotopic (exact) mass is 651 g/mol. The van der Waals surface area contributed by atoms with Crippen LogP contribution >= 0.6 is 0 Å². The molecule has 0 spiro atoms. The summed E-state index contributed by atoms with van der Waals surface area (Å²) in [5, 5.41) is 20.7. The van der Waals surface area contributed by atoms with Gasteiger partial charge in [-0.05, 0) is 96.7 Å². The third-order valence-corrected chi connectivity index (χ3v) is 11.0. The van der Waals surface area contributed by atoms with Gasteiger partial charge in [0.25, 0.3) is 0 Å². The summed E-state index contributed by atoms with van der Waals surface area (Å²) >= 11 is 0. The van der Waals surface area contributed by atoms with Crippen molar-refractivity contribution in [2.75, 3.05) is 10.6 Å². The van der Waals surface area contributed by atoms with Gasteiger partial charge < -0.3 is 15.2 Å². The molecule has 0 radical (unpaired) electrons. The summed E-state index contributed by atoms with van der Waals surface area (Å²) in [5.41, 5.74) is 8.27. The zero-order valence-electron chi connectivity index (χ0n) is 27.8. The Kier molecular flexibility index (Phi) is 6.08. The second kappa shape index (κ2) is 11.0. The molecule has 2 N–H and O–H groups in total. The fourth-order valence-electron chi connectivity index (χ4n) is 8.60. The smallest absolute Gasteiger partial charge is 0.0758 e. The van der Waals surface area contributed by atoms with Gasteiger partial charge in [0.15, 0.2) is 0 Å². The van der Waals surface area contributed by atoms with Crippen molar-refractivity contribution in [3.05, 3.63) is 187 Å². The summed E-state index contributed by atoms with van der Waals surface area (Å²) in [6.45, 7) is 0. The molecule has 0 saturated heterocycles. The van der Waals surface area contributed by atoms with E-state index in [0.29, 0.717) is 0 Å². The maximum absolute atomic E-state index is 4.06. The van der Waals surface area contributed by atoms with Gasteiger partial charge in [0.2, 0.25) is 0 Å². The standard InChI is InChI=1S/C48H33N3/c1-3-13-34-27-36(19-17-30(34)9-1)47-48(37-20-18-31-10-2-4-14-35(31)28-37)50-42-29-38(23-24-41(42)49-47)51-43-25-21-32-11-5-7-15-39(32)45(43)46-40-16-8-6-12-33(40)22-26-44(46)51/h1-29,47-50H. The normalized spacial score (nSPS) is 15.8. The highest BCUT2D eigenvalue weighted by Crippen LogP contribution is 2.46. The Morgan fingerprint density at radius 3 is 1.35 bits per heavy atom. The molecule has 0 amide bonds. The molecule has 2 heterocycles. The summed E-state index contributed by atoms with van der Waals surface area (Å²) in [6.07, 6.45) is 0. The molecule has 240 valence electrons. The molecule has 2 atom stereocenters. The van der Waals surface area contributed by atoms with Crippen molar-refractivity contribution in [3.8, 4) is 5.69 Å². The van der Waals surface area contributed by atoms with Gasteiger partial charge in [0.05, 0.1) is 34.5 Å². The van der Waals surface area contributed by atoms with Crippen LogP contribution in [-0.2, 0) is 0 Å². The Morgan fingerprint density at radius 1 is 0.353 bits per heavy atom. The van der Waals surface area contributed by atoms with Gasteiger partial charge in [-0.15, -0.1) is 0 Å². The van der Waals surface area contributed by atoms with Crippen LogP contribution in [0.15, 0.2) is 176 Å². The van der Waals surface area contributed by atoms with Crippen LogP contribution in [0.5, 0.6) is 0 Å². The highest BCUT2D eigenvalue weighted by atomic mass is 15.1. The van der Waals surface area contributed by atoms with Gasteiger partial charge in [0, 0.05) is 16.5 Å². The van der Waals surface area contributed by atoms with E-state index >= 15 is 0 Å². The van der Waals surface area contributed by atoms with E-state index in [1.165, 1.54) is 76.0 Å². The largest absolute Gasteiger partial charge is 0.374 e. The van der Waals surface area contributed by atoms with Crippen LogP contribution in [0, 0.1) is 0 Å². The highest BCUT2D eigenvalue weighted by Gasteiger charge is 2.31. The maximum Gasteiger partial charge on any atom is 0.0758 e. The lowest BCUT2D eigenvalue weighted by molar-refractivity contribution is 0.637. The number of nitrogens with one attached hydrogen (secondary N) is 2. The molecular weight excluding hydrogens is 619 g/mol. The minimum absolute atomic E-state index is 0.00422. The van der Waals surface area contributed by atoms with E-state index in [0.717, 1.165) is 17.1 Å². The van der Waals surface area contributed by atoms with Crippen molar-refractivity contribution in [3.63, 3.8) is 0 Å². The number of nitrogens with zero attached hydrogens (tertiary/aromatic N) is 1. The zero-order valence-corrected chi connectivity index (χ0v) is 27.8. The van der Waals surface area contributed by atoms with Crippen LogP contribution in [0.2, 0.25) is 0 Å². The first-order valence-corrected chi connectivity index (χ1v) is 17.8. The first-order valence-electron chi connectivity index (χ1n) is 17.8. The van der Waals surface area contributed by atoms with Crippen molar-refractivity contribution in [1.29, 1.82) is 0 Å². The molecule has 1 aliphatic rings. The predicted octanol–water partition coefficient (Wildman–Crippen LogP) is 12.7. The SMILES string of the molecule is c1ccc2cc(C3Nc4ccc(-n5c6ccc7ccccc7c6c6c7ccccc7ccc65)cc4NC3c3ccc4ccccc4c3)ccc2c1. The Hall–Kier alpha value is -6.58. The quantitative estimate of drug-likeness (QED) is 0.199. The van der Waals surface area contributed by atoms with Crippen LogP contribution in [-0.4, -0.2) is 4.57 Å². The zero-order chi connectivity index (χ0) is 33.5. The summed E-state index contributed by atoms with van der Waals surface area (Å²) in [7, 11) is 0. The number of hydrogen-bond donors (Lipinski definition) is 2. The van der Waals surface area contributed by atoms with Crippen LogP contribution in [0.1, 0.15) is 23.2 Å². The van der Waals surface area contributed by atoms with Gasteiger partial charge in [-0.1, -0.05) is 133 Å². The van der Waals surface area contributed by atoms with Crippen LogP contribution in [0.3, 0.4) is 0 Å². The third-order valence-electron chi connectivity index (χ3n) is 11.0. The van der Waals surface area contributed by atoms with E-state index < -0.39 is 0 Å². The van der Waals surface area contributed by atoms with E-state index in [-0.39, 0.29) is 12.1 Å². The van der Waals surface area contributed by atoms with Crippen molar-refractivity contribution < 1.29 is 0 Å². The molecule has 2 unspecified atom stereocenters. The van der Waals surface area contributed by atoms with E-state index in [1.54, 1.807) is 0 Å². The van der Waals surface area contributed by atoms with Crippen LogP contribution < -0.4 is 10.6 Å². The average molecular weight is 652 g/mol. The second-order valence-corrected chi connectivity index (χ2v) is 13.9. The van der Waals surface area contributed by atoms with Gasteiger partial charge in [-0.2, -0.15) is 0 Å². The van der Waals surface area contributed by atoms with Gasteiger partial charge >= 0.3 is 0 Å². The Morgan fingerprint density at radius 2 is 0.804 bits per heavy atom. The molecule has 10 aromatic rings. The second-order valence-electron chi connectivity index (χ2n) is 13.9. The Balaban J connectivity index is 1.11. The highest BCUT2D eigenvalue weighted by molar-refractivity contribution is 6.28. The molecule has 9 aromatic carbocycles. The summed E-state index contributed by atoms with van der Waals surface area (Å²) in [4.78, 5) is 0. The minimum atomic E-state index is 0.00422. The summed E-state index contributed by atoms with van der Waals surface area (Å²) in [6, 6.07) is 64.5. The molecule has 0 fully saturated rings. The Labute approximate surface area is 295 Å². The summed E-state index contributed by atoms with van der Waals surface area (Å²) in [5.74, 6) is 0. The maximum atomic E-state index is 4.06. The predicted molar refractivity (Wildman–Crippen MR) is 216 cm³/mol. The first kappa shape index (κ1) is 28.3. The number of anilines is 2. The fourth-order valence-corrected chi connectivity index (χ4v) is 8.60. The van der Waals surface area contributed by atoms with Crippen molar-refractivity contribution in [2.24, 2.45) is 0 Å². The van der Waals surface area contributed by atoms with Gasteiger partial charge in [0.1, 0.15) is 0 Å². The molecule has 1 aliphatic heterocycles. The lowest BCUT2D eigenvalue weighted by Gasteiger charge is -2.37. The third kappa shape index (κ3) is 4.38. The van der Waals surface area contributed by atoms with Crippen molar-refractivity contribution >= 4 is 76.3 Å². The fraction of sp³-hybridized carbons (Fsp3) is 0.0417. The van der Waals surface area contributed by atoms with Gasteiger partial charge in [-0.25, -0.2) is 0 Å². The molecule has 3 nitrogen and oxygen atoms in total. The van der Waals surface area contributed by atoms with E-state index in [4.69, 9.17) is 0 Å². The van der Waals surface area contributed by atoms with E-state index in [9.17, 15) is 0 Å². The molecule has 1 aromatic heterocycles. The lowest BCUT2D eigenvalue weighted by Crippen LogP contribution is -2.30. The molecule has 0 aliphatic carbocycles. The topological polar surface area (TPSA) is 29.0 Å². The molecule has 51 heavy (non-hydrogen) atoms. The number of fused-ring (bicyclic) bond motifs is 10. The van der Waals surface area contributed by atoms with Crippen LogP contribution in [0.25, 0.3) is 70.6 Å². The Bertz CT molecular complexity index is 2910. The number of rotatable bonds is 3. The number of aromatic nitrogens is 1. The minimum Gasteiger partial charge on any atom is -0.374 e. The van der Waals surface area contributed by atoms with E-state index in [2.05, 4.69) is 191 Å². The molecule has 0 bridgehead atoms. The van der Waals surface area contributed by atoms with Crippen molar-refractivity contribution in [2.45, 2.75) is 12.1 Å². The lowest BCUT2D eigenvalue weighted by atomic mass is 9.88.